The molecule has 0 fully saturated rings. The summed E-state index contributed by atoms with van der Waals surface area (Å²) in [5, 5.41) is -0.659. The van der Waals surface area contributed by atoms with Crippen LogP contribution < -0.4 is 0 Å². The third-order valence-electron chi connectivity index (χ3n) is 3.79. The van der Waals surface area contributed by atoms with Crippen LogP contribution in [-0.2, 0) is 44.8 Å². The lowest BCUT2D eigenvalue weighted by molar-refractivity contribution is -0.140. The largest absolute Gasteiger partial charge is 0.469 e. The second kappa shape index (κ2) is 8.03. The SMILES string of the molecule is COC(=O)Cc1ccccc1CCc1nc(S(C)(=O)=O)ncc1C(F)(F)F. The first-order valence-electron chi connectivity index (χ1n) is 7.79. The van der Waals surface area contributed by atoms with Crippen LogP contribution in [0.25, 0.3) is 0 Å². The lowest BCUT2D eigenvalue weighted by atomic mass is 9.98. The van der Waals surface area contributed by atoms with Gasteiger partial charge >= 0.3 is 12.1 Å². The van der Waals surface area contributed by atoms with E-state index in [9.17, 15) is 26.4 Å². The van der Waals surface area contributed by atoms with Gasteiger partial charge < -0.3 is 4.74 Å². The number of esters is 1. The molecule has 0 aliphatic heterocycles. The molecule has 0 saturated carbocycles. The number of alkyl halides is 3. The molecule has 10 heteroatoms. The number of ether oxygens (including phenoxy) is 1. The van der Waals surface area contributed by atoms with Crippen molar-refractivity contribution in [3.63, 3.8) is 0 Å². The van der Waals surface area contributed by atoms with Crippen LogP contribution in [0.1, 0.15) is 22.4 Å². The van der Waals surface area contributed by atoms with Crippen molar-refractivity contribution in [2.75, 3.05) is 13.4 Å². The van der Waals surface area contributed by atoms with Crippen molar-refractivity contribution in [3.05, 3.63) is 52.8 Å². The number of aryl methyl sites for hydroxylation is 2. The Hall–Kier alpha value is -2.49. The summed E-state index contributed by atoms with van der Waals surface area (Å²) in [5.74, 6) is -0.472. The van der Waals surface area contributed by atoms with Crippen molar-refractivity contribution >= 4 is 15.8 Å². The fourth-order valence-corrected chi connectivity index (χ4v) is 2.98. The fourth-order valence-electron chi connectivity index (χ4n) is 2.46. The van der Waals surface area contributed by atoms with Crippen LogP contribution in [0.5, 0.6) is 0 Å². The average Bonchev–Trinajstić information content (AvgIpc) is 2.59. The van der Waals surface area contributed by atoms with Gasteiger partial charge in [0.1, 0.15) is 0 Å². The Morgan fingerprint density at radius 1 is 1.15 bits per heavy atom. The number of carbonyl (C=O) groups is 1. The average molecular weight is 402 g/mol. The Morgan fingerprint density at radius 2 is 1.78 bits per heavy atom. The van der Waals surface area contributed by atoms with Crippen LogP contribution in [0.4, 0.5) is 13.2 Å². The number of methoxy groups -OCH3 is 1. The van der Waals surface area contributed by atoms with Crippen LogP contribution in [0.2, 0.25) is 0 Å². The molecule has 0 amide bonds. The highest BCUT2D eigenvalue weighted by Gasteiger charge is 2.35. The zero-order chi connectivity index (χ0) is 20.2. The normalized spacial score (nSPS) is 12.0. The van der Waals surface area contributed by atoms with Gasteiger partial charge in [-0.1, -0.05) is 24.3 Å². The summed E-state index contributed by atoms with van der Waals surface area (Å²) in [6.45, 7) is 0. The number of nitrogens with zero attached hydrogens (tertiary/aromatic N) is 2. The predicted molar refractivity (Wildman–Crippen MR) is 89.7 cm³/mol. The molecule has 0 atom stereocenters. The Morgan fingerprint density at radius 3 is 2.33 bits per heavy atom. The van der Waals surface area contributed by atoms with Gasteiger partial charge in [0.2, 0.25) is 15.0 Å². The minimum absolute atomic E-state index is 0.0167. The second-order valence-corrected chi connectivity index (χ2v) is 7.71. The molecule has 0 aliphatic carbocycles. The van der Waals surface area contributed by atoms with Gasteiger partial charge in [0.25, 0.3) is 0 Å². The summed E-state index contributed by atoms with van der Waals surface area (Å²) in [5.41, 5.74) is -0.225. The smallest absolute Gasteiger partial charge is 0.419 e. The molecule has 0 saturated heterocycles. The first-order valence-corrected chi connectivity index (χ1v) is 9.68. The molecule has 1 aromatic carbocycles. The Bertz CT molecular complexity index is 943. The molecule has 0 radical (unpaired) electrons. The summed E-state index contributed by atoms with van der Waals surface area (Å²) in [6.07, 6.45) is -3.45. The van der Waals surface area contributed by atoms with E-state index in [4.69, 9.17) is 0 Å². The van der Waals surface area contributed by atoms with Crippen molar-refractivity contribution in [2.45, 2.75) is 30.6 Å². The Balaban J connectivity index is 2.36. The molecule has 146 valence electrons. The number of aromatic nitrogens is 2. The highest BCUT2D eigenvalue weighted by molar-refractivity contribution is 7.90. The molecule has 0 spiro atoms. The van der Waals surface area contributed by atoms with E-state index in [1.54, 1.807) is 24.3 Å². The molecule has 27 heavy (non-hydrogen) atoms. The Labute approximate surface area is 154 Å². The summed E-state index contributed by atoms with van der Waals surface area (Å²) >= 11 is 0. The van der Waals surface area contributed by atoms with E-state index in [2.05, 4.69) is 14.7 Å². The lowest BCUT2D eigenvalue weighted by Crippen LogP contribution is -2.16. The van der Waals surface area contributed by atoms with E-state index >= 15 is 0 Å². The number of hydrogen-bond acceptors (Lipinski definition) is 6. The maximum Gasteiger partial charge on any atom is 0.419 e. The number of rotatable bonds is 6. The molecular weight excluding hydrogens is 385 g/mol. The van der Waals surface area contributed by atoms with E-state index in [0.29, 0.717) is 17.3 Å². The molecule has 1 heterocycles. The molecule has 6 nitrogen and oxygen atoms in total. The van der Waals surface area contributed by atoms with Crippen molar-refractivity contribution in [2.24, 2.45) is 0 Å². The number of sulfone groups is 1. The minimum atomic E-state index is -4.71. The molecule has 0 N–H and O–H groups in total. The first-order chi connectivity index (χ1) is 12.5. The van der Waals surface area contributed by atoms with Gasteiger partial charge in [0.05, 0.1) is 24.8 Å². The highest BCUT2D eigenvalue weighted by Crippen LogP contribution is 2.31. The number of carbonyl (C=O) groups excluding carboxylic acids is 1. The number of benzene rings is 1. The van der Waals surface area contributed by atoms with Crippen LogP contribution >= 0.6 is 0 Å². The zero-order valence-corrected chi connectivity index (χ0v) is 15.4. The summed E-state index contributed by atoms with van der Waals surface area (Å²) in [6, 6.07) is 6.76. The molecule has 2 rings (SSSR count). The maximum atomic E-state index is 13.2. The molecule has 0 bridgehead atoms. The Kier molecular flexibility index (Phi) is 6.19. The van der Waals surface area contributed by atoms with Gasteiger partial charge in [0.15, 0.2) is 0 Å². The van der Waals surface area contributed by atoms with E-state index in [0.717, 1.165) is 6.26 Å². The quantitative estimate of drug-likeness (QED) is 0.545. The first kappa shape index (κ1) is 20.8. The van der Waals surface area contributed by atoms with E-state index in [1.807, 2.05) is 0 Å². The maximum absolute atomic E-state index is 13.2. The van der Waals surface area contributed by atoms with Crippen LogP contribution in [0.3, 0.4) is 0 Å². The van der Waals surface area contributed by atoms with Gasteiger partial charge in [0, 0.05) is 12.5 Å². The standard InChI is InChI=1S/C17H17F3N2O4S/c1-26-15(23)9-12-6-4-3-5-11(12)7-8-14-13(17(18,19)20)10-21-16(22-14)27(2,24)25/h3-6,10H,7-9H2,1-2H3. The van der Waals surface area contributed by atoms with Crippen LogP contribution in [0.15, 0.2) is 35.6 Å². The molecule has 0 unspecified atom stereocenters. The second-order valence-electron chi connectivity index (χ2n) is 5.80. The molecule has 1 aromatic heterocycles. The van der Waals surface area contributed by atoms with Gasteiger partial charge in [-0.2, -0.15) is 13.2 Å². The van der Waals surface area contributed by atoms with Crippen molar-refractivity contribution in [3.8, 4) is 0 Å². The minimum Gasteiger partial charge on any atom is -0.469 e. The third-order valence-corrected chi connectivity index (χ3v) is 4.65. The molecule has 0 aliphatic rings. The van der Waals surface area contributed by atoms with Crippen molar-refractivity contribution in [1.82, 2.24) is 9.97 Å². The van der Waals surface area contributed by atoms with Gasteiger partial charge in [-0.15, -0.1) is 0 Å². The third kappa shape index (κ3) is 5.49. The topological polar surface area (TPSA) is 86.2 Å². The lowest BCUT2D eigenvalue weighted by Gasteiger charge is -2.13. The van der Waals surface area contributed by atoms with E-state index < -0.39 is 38.4 Å². The highest BCUT2D eigenvalue weighted by atomic mass is 32.2. The summed E-state index contributed by atoms with van der Waals surface area (Å²) in [4.78, 5) is 18.4. The number of hydrogen-bond donors (Lipinski definition) is 0. The van der Waals surface area contributed by atoms with Crippen molar-refractivity contribution in [1.29, 1.82) is 0 Å². The number of halogens is 3. The molecule has 2 aromatic rings. The van der Waals surface area contributed by atoms with Crippen LogP contribution in [-0.4, -0.2) is 37.7 Å². The van der Waals surface area contributed by atoms with Gasteiger partial charge in [-0.05, 0) is 24.0 Å². The monoisotopic (exact) mass is 402 g/mol. The fraction of sp³-hybridized carbons (Fsp3) is 0.353. The van der Waals surface area contributed by atoms with E-state index in [1.165, 1.54) is 7.11 Å². The van der Waals surface area contributed by atoms with E-state index in [-0.39, 0.29) is 19.3 Å². The van der Waals surface area contributed by atoms with Crippen LogP contribution in [0, 0.1) is 0 Å². The summed E-state index contributed by atoms with van der Waals surface area (Å²) in [7, 11) is -2.60. The van der Waals surface area contributed by atoms with Gasteiger partial charge in [-0.3, -0.25) is 4.79 Å². The molecular formula is C17H17F3N2O4S. The summed E-state index contributed by atoms with van der Waals surface area (Å²) < 4.78 is 67.4. The van der Waals surface area contributed by atoms with Gasteiger partial charge in [-0.25, -0.2) is 18.4 Å². The zero-order valence-electron chi connectivity index (χ0n) is 14.6. The predicted octanol–water partition coefficient (Wildman–Crippen LogP) is 2.40. The van der Waals surface area contributed by atoms with Crippen molar-refractivity contribution < 1.29 is 31.1 Å².